The molecule has 2 aromatic carbocycles. The van der Waals surface area contributed by atoms with Crippen LogP contribution < -0.4 is 4.74 Å². The number of phenols is 1. The highest BCUT2D eigenvalue weighted by Crippen LogP contribution is 2.36. The highest BCUT2D eigenvalue weighted by atomic mass is 19.1. The van der Waals surface area contributed by atoms with E-state index in [2.05, 4.69) is 4.74 Å². The Labute approximate surface area is 102 Å². The van der Waals surface area contributed by atoms with Crippen LogP contribution in [0.3, 0.4) is 0 Å². The highest BCUT2D eigenvalue weighted by Gasteiger charge is 2.17. The summed E-state index contributed by atoms with van der Waals surface area (Å²) in [7, 11) is 0. The van der Waals surface area contributed by atoms with E-state index in [1.165, 1.54) is 6.07 Å². The van der Waals surface area contributed by atoms with Crippen LogP contribution in [0.1, 0.15) is 12.5 Å². The monoisotopic (exact) mass is 256 g/mol. The lowest BCUT2D eigenvalue weighted by molar-refractivity contribution is 0.186. The fourth-order valence-corrected chi connectivity index (χ4v) is 1.99. The predicted octanol–water partition coefficient (Wildman–Crippen LogP) is 3.69. The van der Waals surface area contributed by atoms with Crippen LogP contribution in [0, 0.1) is 11.6 Å². The molecule has 2 nitrogen and oxygen atoms in total. The van der Waals surface area contributed by atoms with Gasteiger partial charge in [0.05, 0.1) is 0 Å². The van der Waals surface area contributed by atoms with E-state index in [4.69, 9.17) is 0 Å². The molecule has 0 atom stereocenters. The third-order valence-corrected chi connectivity index (χ3v) is 2.74. The molecule has 0 radical (unpaired) electrons. The first-order valence-electron chi connectivity index (χ1n) is 5.40. The van der Waals surface area contributed by atoms with Gasteiger partial charge in [-0.05, 0) is 24.1 Å². The van der Waals surface area contributed by atoms with E-state index in [0.29, 0.717) is 18.1 Å². The Morgan fingerprint density at radius 1 is 1.17 bits per heavy atom. The molecule has 0 fully saturated rings. The van der Waals surface area contributed by atoms with Gasteiger partial charge < -0.3 is 9.84 Å². The molecule has 0 heterocycles. The lowest BCUT2D eigenvalue weighted by Crippen LogP contribution is -1.99. The Balaban J connectivity index is 2.90. The topological polar surface area (TPSA) is 29.5 Å². The van der Waals surface area contributed by atoms with Crippen LogP contribution in [0.5, 0.6) is 11.5 Å². The van der Waals surface area contributed by atoms with Gasteiger partial charge in [0.2, 0.25) is 6.86 Å². The Bertz CT molecular complexity index is 597. The molecule has 0 aliphatic carbocycles. The quantitative estimate of drug-likeness (QED) is 0.907. The summed E-state index contributed by atoms with van der Waals surface area (Å²) in [5.74, 6) is -2.24. The maximum absolute atomic E-state index is 13.7. The normalized spacial score (nSPS) is 10.9. The third kappa shape index (κ3) is 1.96. The van der Waals surface area contributed by atoms with Crippen molar-refractivity contribution in [2.45, 2.75) is 13.3 Å². The molecule has 0 saturated carbocycles. The Morgan fingerprint density at radius 2 is 1.89 bits per heavy atom. The SMILES string of the molecule is CCc1cc(O)cc2c(F)cc(F)c(OCF)c12. The third-order valence-electron chi connectivity index (χ3n) is 2.74. The summed E-state index contributed by atoms with van der Waals surface area (Å²) in [6.45, 7) is 0.554. The van der Waals surface area contributed by atoms with Gasteiger partial charge in [-0.2, -0.15) is 0 Å². The van der Waals surface area contributed by atoms with Crippen molar-refractivity contribution < 1.29 is 23.0 Å². The predicted molar refractivity (Wildman–Crippen MR) is 61.5 cm³/mol. The number of phenolic OH excluding ortho intramolecular Hbond substituents is 1. The van der Waals surface area contributed by atoms with Crippen molar-refractivity contribution in [3.63, 3.8) is 0 Å². The van der Waals surface area contributed by atoms with Crippen LogP contribution in [0.15, 0.2) is 18.2 Å². The molecule has 0 aromatic heterocycles. The number of hydrogen-bond acceptors (Lipinski definition) is 2. The number of halogens is 3. The van der Waals surface area contributed by atoms with Crippen molar-refractivity contribution in [1.29, 1.82) is 0 Å². The first-order valence-corrected chi connectivity index (χ1v) is 5.40. The van der Waals surface area contributed by atoms with E-state index in [1.54, 1.807) is 6.92 Å². The smallest absolute Gasteiger partial charge is 0.228 e. The Morgan fingerprint density at radius 3 is 2.50 bits per heavy atom. The molecule has 5 heteroatoms. The zero-order valence-electron chi connectivity index (χ0n) is 9.64. The van der Waals surface area contributed by atoms with Gasteiger partial charge in [0.15, 0.2) is 11.6 Å². The van der Waals surface area contributed by atoms with E-state index in [1.807, 2.05) is 0 Å². The maximum Gasteiger partial charge on any atom is 0.228 e. The van der Waals surface area contributed by atoms with Gasteiger partial charge in [0, 0.05) is 16.8 Å². The summed E-state index contributed by atoms with van der Waals surface area (Å²) in [4.78, 5) is 0. The molecule has 0 unspecified atom stereocenters. The Kier molecular flexibility index (Phi) is 3.32. The molecule has 18 heavy (non-hydrogen) atoms. The molecule has 0 aliphatic heterocycles. The number of benzene rings is 2. The molecule has 0 saturated heterocycles. The minimum absolute atomic E-state index is 0.0108. The standard InChI is InChI=1S/C13H11F3O2/c1-2-7-3-8(17)4-9-10(15)5-11(16)13(12(7)9)18-6-14/h3-5,17H,2,6H2,1H3. The van der Waals surface area contributed by atoms with Crippen LogP contribution in [-0.4, -0.2) is 12.0 Å². The molecule has 0 amide bonds. The first-order chi connectivity index (χ1) is 8.58. The number of hydrogen-bond donors (Lipinski definition) is 1. The van der Waals surface area contributed by atoms with Gasteiger partial charge in [-0.25, -0.2) is 13.2 Å². The summed E-state index contributed by atoms with van der Waals surface area (Å²) in [6.07, 6.45) is 0.427. The highest BCUT2D eigenvalue weighted by molar-refractivity contribution is 5.93. The van der Waals surface area contributed by atoms with E-state index in [-0.39, 0.29) is 22.3 Å². The lowest BCUT2D eigenvalue weighted by atomic mass is 10.0. The second-order valence-electron chi connectivity index (χ2n) is 3.80. The number of ether oxygens (including phenoxy) is 1. The van der Waals surface area contributed by atoms with Gasteiger partial charge in [0.1, 0.15) is 11.6 Å². The zero-order chi connectivity index (χ0) is 13.3. The molecule has 0 aliphatic rings. The minimum Gasteiger partial charge on any atom is -0.508 e. The maximum atomic E-state index is 13.7. The summed E-state index contributed by atoms with van der Waals surface area (Å²) in [5, 5.41) is 9.65. The molecule has 2 rings (SSSR count). The average Bonchev–Trinajstić information content (AvgIpc) is 2.33. The number of aryl methyl sites for hydroxylation is 1. The minimum atomic E-state index is -1.21. The summed E-state index contributed by atoms with van der Waals surface area (Å²) in [6, 6.07) is 3.16. The van der Waals surface area contributed by atoms with Crippen LogP contribution >= 0.6 is 0 Å². The Hall–Kier alpha value is -1.91. The van der Waals surface area contributed by atoms with Gasteiger partial charge in [-0.1, -0.05) is 6.92 Å². The van der Waals surface area contributed by atoms with Gasteiger partial charge >= 0.3 is 0 Å². The average molecular weight is 256 g/mol. The van der Waals surface area contributed by atoms with Crippen molar-refractivity contribution >= 4 is 10.8 Å². The van der Waals surface area contributed by atoms with Crippen LogP contribution in [0.4, 0.5) is 13.2 Å². The molecule has 1 N–H and O–H groups in total. The van der Waals surface area contributed by atoms with Crippen LogP contribution in [0.2, 0.25) is 0 Å². The number of rotatable bonds is 3. The number of aromatic hydroxyl groups is 1. The summed E-state index contributed by atoms with van der Waals surface area (Å²) in [5.41, 5.74) is 0.492. The van der Waals surface area contributed by atoms with Crippen molar-refractivity contribution in [1.82, 2.24) is 0 Å². The van der Waals surface area contributed by atoms with Crippen molar-refractivity contribution in [3.05, 3.63) is 35.4 Å². The lowest BCUT2D eigenvalue weighted by Gasteiger charge is -2.12. The molecule has 2 aromatic rings. The molecule has 96 valence electrons. The number of fused-ring (bicyclic) bond motifs is 1. The van der Waals surface area contributed by atoms with E-state index in [0.717, 1.165) is 6.07 Å². The summed E-state index contributed by atoms with van der Waals surface area (Å²) >= 11 is 0. The van der Waals surface area contributed by atoms with E-state index >= 15 is 0 Å². The molecular formula is C13H11F3O2. The second kappa shape index (κ2) is 4.76. The van der Waals surface area contributed by atoms with Gasteiger partial charge in [-0.3, -0.25) is 0 Å². The van der Waals surface area contributed by atoms with Crippen molar-refractivity contribution in [3.8, 4) is 11.5 Å². The fraction of sp³-hybridized carbons (Fsp3) is 0.231. The van der Waals surface area contributed by atoms with E-state index < -0.39 is 18.5 Å². The molecular weight excluding hydrogens is 245 g/mol. The van der Waals surface area contributed by atoms with Crippen molar-refractivity contribution in [2.75, 3.05) is 6.86 Å². The summed E-state index contributed by atoms with van der Waals surface area (Å²) < 4.78 is 44.1. The molecule has 0 bridgehead atoms. The molecule has 0 spiro atoms. The van der Waals surface area contributed by atoms with Gasteiger partial charge in [-0.15, -0.1) is 0 Å². The fourth-order valence-electron chi connectivity index (χ4n) is 1.99. The largest absolute Gasteiger partial charge is 0.508 e. The number of alkyl halides is 1. The van der Waals surface area contributed by atoms with Crippen LogP contribution in [0.25, 0.3) is 10.8 Å². The van der Waals surface area contributed by atoms with Crippen molar-refractivity contribution in [2.24, 2.45) is 0 Å². The first kappa shape index (κ1) is 12.5. The van der Waals surface area contributed by atoms with Crippen LogP contribution in [-0.2, 0) is 6.42 Å². The van der Waals surface area contributed by atoms with Gasteiger partial charge in [0.25, 0.3) is 0 Å². The second-order valence-corrected chi connectivity index (χ2v) is 3.80. The van der Waals surface area contributed by atoms with E-state index in [9.17, 15) is 18.3 Å². The zero-order valence-corrected chi connectivity index (χ0v) is 9.64.